The molecule has 2 aliphatic carbocycles. The number of allylic oxidation sites excluding steroid dienone is 6. The van der Waals surface area contributed by atoms with Crippen molar-refractivity contribution in [1.82, 2.24) is 0 Å². The van der Waals surface area contributed by atoms with Gasteiger partial charge in [-0.15, -0.1) is 0 Å². The molecule has 0 amide bonds. The number of fused-ring (bicyclic) bond motifs is 1. The molecular formula is C14H10O. The van der Waals surface area contributed by atoms with Crippen LogP contribution in [0.25, 0.3) is 0 Å². The summed E-state index contributed by atoms with van der Waals surface area (Å²) >= 11 is 0. The van der Waals surface area contributed by atoms with Gasteiger partial charge in [0.1, 0.15) is 0 Å². The maximum atomic E-state index is 12.0. The lowest BCUT2D eigenvalue weighted by Crippen LogP contribution is -2.06. The Morgan fingerprint density at radius 1 is 1.07 bits per heavy atom. The zero-order valence-electron chi connectivity index (χ0n) is 8.18. The quantitative estimate of drug-likeness (QED) is 0.671. The number of Topliss-reactive ketones (excluding diaryl/α,β-unsaturated/α-hetero) is 1. The summed E-state index contributed by atoms with van der Waals surface area (Å²) in [4.78, 5) is 12.0. The van der Waals surface area contributed by atoms with Crippen LogP contribution in [0.4, 0.5) is 0 Å². The van der Waals surface area contributed by atoms with E-state index in [-0.39, 0.29) is 11.7 Å². The minimum absolute atomic E-state index is 0.0719. The van der Waals surface area contributed by atoms with Crippen LogP contribution in [-0.2, 0) is 4.79 Å². The third kappa shape index (κ3) is 1.20. The van der Waals surface area contributed by atoms with Gasteiger partial charge in [0.25, 0.3) is 0 Å². The minimum Gasteiger partial charge on any atom is -0.293 e. The van der Waals surface area contributed by atoms with Crippen molar-refractivity contribution >= 4 is 5.78 Å². The van der Waals surface area contributed by atoms with Crippen molar-refractivity contribution in [2.45, 2.75) is 5.92 Å². The van der Waals surface area contributed by atoms with Gasteiger partial charge in [0.2, 0.25) is 0 Å². The molecule has 0 saturated carbocycles. The van der Waals surface area contributed by atoms with E-state index in [1.54, 1.807) is 0 Å². The molecule has 0 spiro atoms. The second-order valence-electron chi connectivity index (χ2n) is 3.81. The highest BCUT2D eigenvalue weighted by molar-refractivity contribution is 6.10. The molecule has 1 aromatic carbocycles. The Balaban J connectivity index is 2.05. The molecule has 0 bridgehead atoms. The van der Waals surface area contributed by atoms with E-state index in [1.807, 2.05) is 54.6 Å². The van der Waals surface area contributed by atoms with Gasteiger partial charge in [-0.2, -0.15) is 0 Å². The maximum Gasteiger partial charge on any atom is 0.174 e. The molecule has 1 heteroatoms. The van der Waals surface area contributed by atoms with Crippen LogP contribution in [0.2, 0.25) is 0 Å². The van der Waals surface area contributed by atoms with Gasteiger partial charge in [-0.25, -0.2) is 0 Å². The Labute approximate surface area is 88.4 Å². The maximum absolute atomic E-state index is 12.0. The molecule has 0 heterocycles. The first-order valence-corrected chi connectivity index (χ1v) is 5.06. The smallest absolute Gasteiger partial charge is 0.174 e. The molecule has 0 fully saturated rings. The van der Waals surface area contributed by atoms with Gasteiger partial charge in [-0.05, 0) is 11.1 Å². The summed E-state index contributed by atoms with van der Waals surface area (Å²) in [6.07, 6.45) is 7.88. The normalized spacial score (nSPS) is 22.7. The monoisotopic (exact) mass is 194 g/mol. The molecule has 0 aliphatic heterocycles. The fraction of sp³-hybridized carbons (Fsp3) is 0.0714. The molecule has 0 saturated heterocycles. The van der Waals surface area contributed by atoms with Crippen LogP contribution in [0, 0.1) is 0 Å². The summed E-state index contributed by atoms with van der Waals surface area (Å²) in [5, 5.41) is 0. The van der Waals surface area contributed by atoms with Crippen LogP contribution >= 0.6 is 0 Å². The van der Waals surface area contributed by atoms with Gasteiger partial charge in [0.05, 0.1) is 5.92 Å². The molecule has 72 valence electrons. The lowest BCUT2D eigenvalue weighted by molar-refractivity contribution is -0.115. The number of carbonyl (C=O) groups excluding carboxylic acids is 1. The number of hydrogen-bond donors (Lipinski definition) is 0. The van der Waals surface area contributed by atoms with Crippen molar-refractivity contribution in [3.8, 4) is 0 Å². The summed E-state index contributed by atoms with van der Waals surface area (Å²) in [6, 6.07) is 9.92. The van der Waals surface area contributed by atoms with Crippen LogP contribution in [0.3, 0.4) is 0 Å². The first kappa shape index (κ1) is 8.42. The summed E-state index contributed by atoms with van der Waals surface area (Å²) in [5.74, 6) is 0.151. The van der Waals surface area contributed by atoms with Crippen LogP contribution in [0.15, 0.2) is 65.8 Å². The summed E-state index contributed by atoms with van der Waals surface area (Å²) in [6.45, 7) is 0. The molecule has 0 radical (unpaired) electrons. The van der Waals surface area contributed by atoms with Gasteiger partial charge >= 0.3 is 0 Å². The number of rotatable bonds is 1. The third-order valence-electron chi connectivity index (χ3n) is 2.90. The molecule has 3 rings (SSSR count). The van der Waals surface area contributed by atoms with E-state index in [4.69, 9.17) is 0 Å². The summed E-state index contributed by atoms with van der Waals surface area (Å²) < 4.78 is 0. The fourth-order valence-corrected chi connectivity index (χ4v) is 2.13. The zero-order chi connectivity index (χ0) is 10.3. The highest BCUT2D eigenvalue weighted by Gasteiger charge is 2.30. The van der Waals surface area contributed by atoms with E-state index in [0.29, 0.717) is 0 Å². The number of carbonyl (C=O) groups is 1. The van der Waals surface area contributed by atoms with Gasteiger partial charge in [0.15, 0.2) is 5.78 Å². The van der Waals surface area contributed by atoms with E-state index in [2.05, 4.69) is 0 Å². The average molecular weight is 194 g/mol. The predicted octanol–water partition coefficient (Wildman–Crippen LogP) is 2.78. The van der Waals surface area contributed by atoms with E-state index < -0.39 is 0 Å². The first-order chi connectivity index (χ1) is 7.36. The largest absolute Gasteiger partial charge is 0.293 e. The van der Waals surface area contributed by atoms with Gasteiger partial charge in [0, 0.05) is 5.57 Å². The SMILES string of the molecule is O=C1C2=CC=CC2=CC1c1ccccc1. The first-order valence-electron chi connectivity index (χ1n) is 5.06. The Hall–Kier alpha value is -1.89. The molecule has 1 aromatic rings. The van der Waals surface area contributed by atoms with Crippen molar-refractivity contribution in [2.24, 2.45) is 0 Å². The second-order valence-corrected chi connectivity index (χ2v) is 3.81. The van der Waals surface area contributed by atoms with Crippen molar-refractivity contribution < 1.29 is 4.79 Å². The Morgan fingerprint density at radius 2 is 1.87 bits per heavy atom. The van der Waals surface area contributed by atoms with Crippen molar-refractivity contribution in [1.29, 1.82) is 0 Å². The van der Waals surface area contributed by atoms with Crippen LogP contribution in [0.1, 0.15) is 11.5 Å². The minimum atomic E-state index is -0.0719. The zero-order valence-corrected chi connectivity index (χ0v) is 8.18. The summed E-state index contributed by atoms with van der Waals surface area (Å²) in [7, 11) is 0. The van der Waals surface area contributed by atoms with Crippen molar-refractivity contribution in [2.75, 3.05) is 0 Å². The molecule has 0 aromatic heterocycles. The highest BCUT2D eigenvalue weighted by atomic mass is 16.1. The van der Waals surface area contributed by atoms with Gasteiger partial charge in [-0.3, -0.25) is 4.79 Å². The van der Waals surface area contributed by atoms with E-state index >= 15 is 0 Å². The molecule has 1 nitrogen and oxygen atoms in total. The predicted molar refractivity (Wildman–Crippen MR) is 59.5 cm³/mol. The average Bonchev–Trinajstić information content (AvgIpc) is 2.83. The molecular weight excluding hydrogens is 184 g/mol. The fourth-order valence-electron chi connectivity index (χ4n) is 2.13. The topological polar surface area (TPSA) is 17.1 Å². The van der Waals surface area contributed by atoms with Gasteiger partial charge < -0.3 is 0 Å². The number of benzene rings is 1. The molecule has 15 heavy (non-hydrogen) atoms. The Morgan fingerprint density at radius 3 is 2.60 bits per heavy atom. The Kier molecular flexibility index (Phi) is 1.72. The highest BCUT2D eigenvalue weighted by Crippen LogP contribution is 2.36. The number of hydrogen-bond acceptors (Lipinski definition) is 1. The van der Waals surface area contributed by atoms with E-state index in [0.717, 1.165) is 16.7 Å². The second kappa shape index (κ2) is 3.06. The van der Waals surface area contributed by atoms with Crippen LogP contribution < -0.4 is 0 Å². The van der Waals surface area contributed by atoms with Crippen LogP contribution in [0.5, 0.6) is 0 Å². The molecule has 1 atom stereocenters. The standard InChI is InChI=1S/C14H10O/c15-14-12-8-4-7-11(12)9-13(14)10-5-2-1-3-6-10/h1-9,13H. The Bertz CT molecular complexity index is 503. The lowest BCUT2D eigenvalue weighted by Gasteiger charge is -2.05. The third-order valence-corrected chi connectivity index (χ3v) is 2.90. The lowest BCUT2D eigenvalue weighted by atomic mass is 9.96. The number of ketones is 1. The van der Waals surface area contributed by atoms with Gasteiger partial charge in [-0.1, -0.05) is 54.6 Å². The van der Waals surface area contributed by atoms with Crippen molar-refractivity contribution in [3.05, 3.63) is 71.3 Å². The molecule has 1 unspecified atom stereocenters. The van der Waals surface area contributed by atoms with Crippen LogP contribution in [-0.4, -0.2) is 5.78 Å². The molecule has 2 aliphatic rings. The van der Waals surface area contributed by atoms with Crippen molar-refractivity contribution in [3.63, 3.8) is 0 Å². The van der Waals surface area contributed by atoms with E-state index in [1.165, 1.54) is 0 Å². The molecule has 0 N–H and O–H groups in total. The van der Waals surface area contributed by atoms with E-state index in [9.17, 15) is 4.79 Å². The summed E-state index contributed by atoms with van der Waals surface area (Å²) in [5.41, 5.74) is 3.02.